The largest absolute Gasteiger partial charge is 0.495 e. The molecule has 2 aromatic rings. The number of ether oxygens (including phenoxy) is 1. The van der Waals surface area contributed by atoms with Gasteiger partial charge in [0.15, 0.2) is 0 Å². The average molecular weight is 489 g/mol. The predicted molar refractivity (Wildman–Crippen MR) is 140 cm³/mol. The number of nitrogen functional groups attached to an aromatic ring is 1. The lowest BCUT2D eigenvalue weighted by Gasteiger charge is -2.47. The van der Waals surface area contributed by atoms with E-state index in [9.17, 15) is 0 Å². The number of nitrogens with one attached hydrogen (secondary N) is 1. The van der Waals surface area contributed by atoms with E-state index in [0.717, 1.165) is 48.6 Å². The Morgan fingerprint density at radius 3 is 2.35 bits per heavy atom. The van der Waals surface area contributed by atoms with Crippen molar-refractivity contribution in [3.63, 3.8) is 0 Å². The summed E-state index contributed by atoms with van der Waals surface area (Å²) in [6.45, 7) is 5.60. The number of anilines is 3. The predicted octanol–water partition coefficient (Wildman–Crippen LogP) is 5.00. The normalized spacial score (nSPS) is 20.5. The van der Waals surface area contributed by atoms with Crippen molar-refractivity contribution in [1.29, 1.82) is 0 Å². The number of aromatic nitrogens is 3. The summed E-state index contributed by atoms with van der Waals surface area (Å²) in [5.41, 5.74) is 7.03. The molecule has 0 spiro atoms. The van der Waals surface area contributed by atoms with Crippen LogP contribution >= 0.6 is 11.6 Å². The molecule has 2 fully saturated rings. The number of nitrogens with zero attached hydrogens (tertiary/aromatic N) is 5. The third kappa shape index (κ3) is 5.39. The smallest absolute Gasteiger partial charge is 0.335 e. The molecule has 0 radical (unpaired) electrons. The lowest BCUT2D eigenvalue weighted by molar-refractivity contribution is 0.0891. The van der Waals surface area contributed by atoms with Gasteiger partial charge in [0.2, 0.25) is 11.9 Å². The molecule has 0 amide bonds. The van der Waals surface area contributed by atoms with Crippen molar-refractivity contribution in [2.75, 3.05) is 44.8 Å². The van der Waals surface area contributed by atoms with Gasteiger partial charge in [0, 0.05) is 31.6 Å². The second-order valence-electron chi connectivity index (χ2n) is 9.75. The first-order chi connectivity index (χ1) is 16.4. The maximum absolute atomic E-state index is 6.32. The summed E-state index contributed by atoms with van der Waals surface area (Å²) in [5, 5.41) is 3.81. The maximum Gasteiger partial charge on any atom is 0.335 e. The van der Waals surface area contributed by atoms with Gasteiger partial charge in [0.05, 0.1) is 31.3 Å². The molecule has 1 saturated heterocycles. The number of likely N-dealkylation sites (tertiary alicyclic amines) is 1. The van der Waals surface area contributed by atoms with Gasteiger partial charge in [-0.1, -0.05) is 31.4 Å². The van der Waals surface area contributed by atoms with Crippen molar-refractivity contribution in [2.24, 2.45) is 0 Å². The molecule has 4 rings (SSSR count). The van der Waals surface area contributed by atoms with Gasteiger partial charge in [-0.15, -0.1) is 9.97 Å². The van der Waals surface area contributed by atoms with Gasteiger partial charge in [-0.2, -0.15) is 4.98 Å². The van der Waals surface area contributed by atoms with Gasteiger partial charge in [0.25, 0.3) is 0 Å². The third-order valence-electron chi connectivity index (χ3n) is 7.83. The first-order valence-corrected chi connectivity index (χ1v) is 13.0. The van der Waals surface area contributed by atoms with Gasteiger partial charge >= 0.3 is 5.95 Å². The van der Waals surface area contributed by atoms with E-state index in [-0.39, 0.29) is 5.95 Å². The van der Waals surface area contributed by atoms with E-state index in [1.165, 1.54) is 38.5 Å². The summed E-state index contributed by atoms with van der Waals surface area (Å²) in [6.07, 6.45) is 9.85. The lowest BCUT2D eigenvalue weighted by Crippen LogP contribution is -2.63. The van der Waals surface area contributed by atoms with E-state index < -0.39 is 0 Å². The fourth-order valence-corrected chi connectivity index (χ4v) is 5.97. The summed E-state index contributed by atoms with van der Waals surface area (Å²) in [4.78, 5) is 16.6. The van der Waals surface area contributed by atoms with E-state index in [2.05, 4.69) is 29.2 Å². The Morgan fingerprint density at radius 2 is 1.74 bits per heavy atom. The fraction of sp³-hybridized carbons (Fsp3) is 0.640. The Bertz CT molecular complexity index is 958. The van der Waals surface area contributed by atoms with Gasteiger partial charge in [0.1, 0.15) is 5.75 Å². The summed E-state index contributed by atoms with van der Waals surface area (Å²) in [7, 11) is 3.94. The molecule has 2 heterocycles. The minimum atomic E-state index is 0.246. The highest BCUT2D eigenvalue weighted by atomic mass is 35.5. The number of halogens is 1. The van der Waals surface area contributed by atoms with E-state index in [1.54, 1.807) is 13.2 Å². The first kappa shape index (κ1) is 24.9. The number of quaternary nitrogens is 1. The summed E-state index contributed by atoms with van der Waals surface area (Å²) < 4.78 is 6.00. The zero-order valence-corrected chi connectivity index (χ0v) is 21.5. The maximum atomic E-state index is 6.32. The second kappa shape index (κ2) is 11.1. The van der Waals surface area contributed by atoms with Crippen LogP contribution in [-0.2, 0) is 0 Å². The third-order valence-corrected chi connectivity index (χ3v) is 8.12. The number of piperidine rings is 1. The van der Waals surface area contributed by atoms with Crippen molar-refractivity contribution in [2.45, 2.75) is 70.4 Å². The van der Waals surface area contributed by atoms with E-state index in [1.807, 2.05) is 12.1 Å². The molecule has 3 N–H and O–H groups in total. The Balaban J connectivity index is 1.68. The van der Waals surface area contributed by atoms with Gasteiger partial charge in [-0.3, -0.25) is 4.48 Å². The van der Waals surface area contributed by atoms with Crippen molar-refractivity contribution >= 4 is 35.1 Å². The van der Waals surface area contributed by atoms with Crippen LogP contribution in [0.1, 0.15) is 58.3 Å². The highest BCUT2D eigenvalue weighted by Crippen LogP contribution is 2.37. The minimum Gasteiger partial charge on any atom is -0.495 e. The van der Waals surface area contributed by atoms with Crippen LogP contribution < -0.4 is 20.3 Å². The van der Waals surface area contributed by atoms with E-state index in [0.29, 0.717) is 28.8 Å². The summed E-state index contributed by atoms with van der Waals surface area (Å²) in [5.74, 6) is 2.10. The standard InChI is InChI=1S/C25H39ClN7O/c1-4-32-15-13-20(14-16-32)33(2,19-9-7-5-6-8-10-19)25-30-23(27)29-24(31-25)28-18-11-12-22(34-3)21(26)17-18/h11-12,17,19-20H,4-10,13-16H2,1-3H3,(H3,27,28,29,30,31)/q+1. The van der Waals surface area contributed by atoms with Crippen LogP contribution in [0.25, 0.3) is 0 Å². The van der Waals surface area contributed by atoms with Gasteiger partial charge in [-0.25, -0.2) is 0 Å². The minimum absolute atomic E-state index is 0.246. The van der Waals surface area contributed by atoms with Crippen molar-refractivity contribution < 1.29 is 4.74 Å². The quantitative estimate of drug-likeness (QED) is 0.418. The number of methoxy groups -OCH3 is 1. The average Bonchev–Trinajstić information content (AvgIpc) is 3.13. The number of hydrogen-bond acceptors (Lipinski definition) is 7. The molecule has 1 atom stereocenters. The molecule has 34 heavy (non-hydrogen) atoms. The molecule has 1 aliphatic heterocycles. The zero-order valence-electron chi connectivity index (χ0n) is 20.8. The Morgan fingerprint density at radius 1 is 1.06 bits per heavy atom. The van der Waals surface area contributed by atoms with Crippen LogP contribution in [0.3, 0.4) is 0 Å². The Kier molecular flexibility index (Phi) is 8.11. The van der Waals surface area contributed by atoms with Crippen LogP contribution in [0.2, 0.25) is 5.02 Å². The number of benzene rings is 1. The first-order valence-electron chi connectivity index (χ1n) is 12.6. The second-order valence-corrected chi connectivity index (χ2v) is 10.2. The lowest BCUT2D eigenvalue weighted by atomic mass is 9.95. The van der Waals surface area contributed by atoms with E-state index in [4.69, 9.17) is 32.0 Å². The molecular formula is C25H39ClN7O+. The Hall–Kier alpha value is -2.16. The summed E-state index contributed by atoms with van der Waals surface area (Å²) >= 11 is 6.32. The fourth-order valence-electron chi connectivity index (χ4n) is 5.72. The molecule has 1 aromatic carbocycles. The SMILES string of the molecule is CCN1CCC([N+](C)(c2nc(N)nc(Nc3ccc(OC)c(Cl)c3)n2)C2CCCCCC2)CC1. The van der Waals surface area contributed by atoms with E-state index >= 15 is 0 Å². The number of rotatable bonds is 7. The van der Waals surface area contributed by atoms with Crippen LogP contribution in [0.15, 0.2) is 18.2 Å². The number of hydrogen-bond donors (Lipinski definition) is 2. The monoisotopic (exact) mass is 488 g/mol. The highest BCUT2D eigenvalue weighted by molar-refractivity contribution is 6.32. The van der Waals surface area contributed by atoms with Crippen LogP contribution in [0.5, 0.6) is 5.75 Å². The topological polar surface area (TPSA) is 89.2 Å². The molecule has 1 unspecified atom stereocenters. The molecule has 8 nitrogen and oxygen atoms in total. The van der Waals surface area contributed by atoms with Gasteiger partial charge in [-0.05, 0) is 50.4 Å². The summed E-state index contributed by atoms with van der Waals surface area (Å²) in [6, 6.07) is 6.48. The molecule has 2 aliphatic rings. The molecule has 1 aliphatic carbocycles. The Labute approximate surface area is 208 Å². The molecule has 1 saturated carbocycles. The van der Waals surface area contributed by atoms with Crippen LogP contribution in [0, 0.1) is 0 Å². The molecule has 186 valence electrons. The molecule has 1 aromatic heterocycles. The van der Waals surface area contributed by atoms with Crippen molar-refractivity contribution in [3.8, 4) is 5.75 Å². The van der Waals surface area contributed by atoms with Gasteiger partial charge < -0.3 is 20.7 Å². The van der Waals surface area contributed by atoms with Crippen molar-refractivity contribution in [1.82, 2.24) is 24.3 Å². The number of nitrogens with two attached hydrogens (primary N) is 1. The van der Waals surface area contributed by atoms with Crippen LogP contribution in [0.4, 0.5) is 23.5 Å². The molecule has 0 bridgehead atoms. The zero-order chi connectivity index (χ0) is 24.1. The molecule has 9 heteroatoms. The van der Waals surface area contributed by atoms with Crippen LogP contribution in [-0.4, -0.2) is 65.7 Å². The van der Waals surface area contributed by atoms with Crippen molar-refractivity contribution in [3.05, 3.63) is 23.2 Å². The highest BCUT2D eigenvalue weighted by Gasteiger charge is 2.46. The molecular weight excluding hydrogens is 450 g/mol.